The van der Waals surface area contributed by atoms with Gasteiger partial charge in [-0.05, 0) is 62.4 Å². The summed E-state index contributed by atoms with van der Waals surface area (Å²) in [7, 11) is -4.02. The van der Waals surface area contributed by atoms with Crippen LogP contribution in [-0.4, -0.2) is 50.9 Å². The highest BCUT2D eigenvalue weighted by atomic mass is 35.5. The van der Waals surface area contributed by atoms with Gasteiger partial charge in [-0.1, -0.05) is 35.9 Å². The van der Waals surface area contributed by atoms with Gasteiger partial charge in [0.25, 0.3) is 21.8 Å². The minimum atomic E-state index is -4.02. The number of ether oxygens (including phenoxy) is 1. The van der Waals surface area contributed by atoms with Gasteiger partial charge < -0.3 is 15.0 Å². The normalized spacial score (nSPS) is 15.0. The highest BCUT2D eigenvalue weighted by molar-refractivity contribution is 7.92. The zero-order chi connectivity index (χ0) is 25.9. The van der Waals surface area contributed by atoms with Gasteiger partial charge in [0, 0.05) is 18.1 Å². The van der Waals surface area contributed by atoms with Crippen molar-refractivity contribution in [2.75, 3.05) is 29.3 Å². The molecule has 1 heterocycles. The number of nitrogens with zero attached hydrogens (tertiary/aromatic N) is 2. The first-order valence-corrected chi connectivity index (χ1v) is 13.3. The quantitative estimate of drug-likeness (QED) is 0.491. The van der Waals surface area contributed by atoms with E-state index >= 15 is 0 Å². The Hall–Kier alpha value is -3.56. The first kappa shape index (κ1) is 25.5. The van der Waals surface area contributed by atoms with E-state index in [4.69, 9.17) is 16.3 Å². The van der Waals surface area contributed by atoms with Crippen molar-refractivity contribution >= 4 is 44.8 Å². The van der Waals surface area contributed by atoms with Crippen molar-refractivity contribution in [1.82, 2.24) is 4.90 Å². The molecule has 4 rings (SSSR count). The van der Waals surface area contributed by atoms with Crippen molar-refractivity contribution in [3.05, 3.63) is 83.4 Å². The zero-order valence-corrected chi connectivity index (χ0v) is 21.4. The van der Waals surface area contributed by atoms with Crippen LogP contribution < -0.4 is 14.4 Å². The number of sulfonamides is 1. The van der Waals surface area contributed by atoms with Gasteiger partial charge in [0.05, 0.1) is 28.4 Å². The Balaban J connectivity index is 1.64. The maximum Gasteiger partial charge on any atom is 0.267 e. The van der Waals surface area contributed by atoms with Gasteiger partial charge in [-0.3, -0.25) is 13.9 Å². The second-order valence-electron chi connectivity index (χ2n) is 8.08. The standard InChI is InChI=1S/C26H26ClN3O5S/c1-3-29(4-2)26(32)20-9-5-6-10-21(20)28-25(31)24-17-30(22-11-7-8-12-23(22)35-24)36(33,34)19-15-13-18(27)14-16-19/h5-16,24H,3-4,17H2,1-2H3,(H,28,31). The molecule has 0 fully saturated rings. The van der Waals surface area contributed by atoms with Crippen LogP contribution in [0, 0.1) is 0 Å². The predicted molar refractivity (Wildman–Crippen MR) is 139 cm³/mol. The van der Waals surface area contributed by atoms with Crippen molar-refractivity contribution in [3.8, 4) is 5.75 Å². The van der Waals surface area contributed by atoms with Crippen LogP contribution in [0.4, 0.5) is 11.4 Å². The van der Waals surface area contributed by atoms with Crippen molar-refractivity contribution in [2.24, 2.45) is 0 Å². The van der Waals surface area contributed by atoms with E-state index in [1.165, 1.54) is 24.3 Å². The molecule has 0 saturated carbocycles. The molecule has 188 valence electrons. The smallest absolute Gasteiger partial charge is 0.267 e. The summed E-state index contributed by atoms with van der Waals surface area (Å²) in [6, 6.07) is 19.2. The molecule has 10 heteroatoms. The first-order valence-electron chi connectivity index (χ1n) is 11.5. The molecule has 1 atom stereocenters. The lowest BCUT2D eigenvalue weighted by Gasteiger charge is -2.34. The Kier molecular flexibility index (Phi) is 7.51. The summed E-state index contributed by atoms with van der Waals surface area (Å²) in [5, 5.41) is 3.17. The van der Waals surface area contributed by atoms with E-state index in [0.29, 0.717) is 35.1 Å². The summed E-state index contributed by atoms with van der Waals surface area (Å²) in [6.07, 6.45) is -1.15. The molecule has 0 aromatic heterocycles. The monoisotopic (exact) mass is 527 g/mol. The van der Waals surface area contributed by atoms with E-state index in [9.17, 15) is 18.0 Å². The second-order valence-corrected chi connectivity index (χ2v) is 10.4. The van der Waals surface area contributed by atoms with Crippen LogP contribution in [0.5, 0.6) is 5.75 Å². The molecule has 0 saturated heterocycles. The van der Waals surface area contributed by atoms with Crippen LogP contribution in [0.1, 0.15) is 24.2 Å². The van der Waals surface area contributed by atoms with Crippen molar-refractivity contribution in [2.45, 2.75) is 24.8 Å². The van der Waals surface area contributed by atoms with E-state index in [1.54, 1.807) is 53.4 Å². The first-order chi connectivity index (χ1) is 17.3. The van der Waals surface area contributed by atoms with Gasteiger partial charge in [0.1, 0.15) is 5.75 Å². The van der Waals surface area contributed by atoms with Crippen LogP contribution in [0.2, 0.25) is 5.02 Å². The molecule has 3 aromatic rings. The summed E-state index contributed by atoms with van der Waals surface area (Å²) < 4.78 is 34.1. The number of hydrogen-bond acceptors (Lipinski definition) is 5. The molecule has 3 aromatic carbocycles. The lowest BCUT2D eigenvalue weighted by atomic mass is 10.1. The fourth-order valence-electron chi connectivity index (χ4n) is 3.97. The van der Waals surface area contributed by atoms with Gasteiger partial charge in [0.15, 0.2) is 6.10 Å². The molecule has 2 amide bonds. The Morgan fingerprint density at radius 1 is 1.00 bits per heavy atom. The van der Waals surface area contributed by atoms with Gasteiger partial charge in [-0.25, -0.2) is 8.42 Å². The molecule has 1 aliphatic heterocycles. The number of benzene rings is 3. The summed E-state index contributed by atoms with van der Waals surface area (Å²) in [5.74, 6) is -0.521. The van der Waals surface area contributed by atoms with Crippen LogP contribution in [0.15, 0.2) is 77.7 Å². The van der Waals surface area contributed by atoms with E-state index in [2.05, 4.69) is 5.32 Å². The molecule has 0 spiro atoms. The average Bonchev–Trinajstić information content (AvgIpc) is 2.89. The molecule has 1 aliphatic rings. The van der Waals surface area contributed by atoms with E-state index in [1.807, 2.05) is 13.8 Å². The number of rotatable bonds is 7. The SMILES string of the molecule is CCN(CC)C(=O)c1ccccc1NC(=O)C1CN(S(=O)(=O)c2ccc(Cl)cc2)c2ccccc2O1. The maximum atomic E-state index is 13.5. The largest absolute Gasteiger partial charge is 0.476 e. The zero-order valence-electron chi connectivity index (χ0n) is 19.8. The molecule has 0 aliphatic carbocycles. The molecular weight excluding hydrogens is 502 g/mol. The molecule has 0 radical (unpaired) electrons. The molecule has 8 nitrogen and oxygen atoms in total. The van der Waals surface area contributed by atoms with Gasteiger partial charge in [0.2, 0.25) is 0 Å². The number of anilines is 2. The highest BCUT2D eigenvalue weighted by Gasteiger charge is 2.37. The number of halogens is 1. The molecule has 0 bridgehead atoms. The van der Waals surface area contributed by atoms with E-state index in [0.717, 1.165) is 4.31 Å². The van der Waals surface area contributed by atoms with Crippen molar-refractivity contribution < 1.29 is 22.7 Å². The van der Waals surface area contributed by atoms with Crippen LogP contribution in [-0.2, 0) is 14.8 Å². The predicted octanol–water partition coefficient (Wildman–Crippen LogP) is 4.42. The van der Waals surface area contributed by atoms with Crippen molar-refractivity contribution in [3.63, 3.8) is 0 Å². The number of para-hydroxylation sites is 3. The molecule has 1 unspecified atom stereocenters. The number of carbonyl (C=O) groups excluding carboxylic acids is 2. The van der Waals surface area contributed by atoms with Crippen LogP contribution in [0.25, 0.3) is 0 Å². The third-order valence-corrected chi connectivity index (χ3v) is 7.94. The number of nitrogens with one attached hydrogen (secondary N) is 1. The lowest BCUT2D eigenvalue weighted by Crippen LogP contribution is -2.49. The number of hydrogen-bond donors (Lipinski definition) is 1. The second kappa shape index (κ2) is 10.6. The van der Waals surface area contributed by atoms with Crippen molar-refractivity contribution in [1.29, 1.82) is 0 Å². The minimum absolute atomic E-state index is 0.0397. The Labute approximate surface area is 215 Å². The number of carbonyl (C=O) groups is 2. The van der Waals surface area contributed by atoms with Gasteiger partial charge in [-0.2, -0.15) is 0 Å². The highest BCUT2D eigenvalue weighted by Crippen LogP contribution is 2.37. The minimum Gasteiger partial charge on any atom is -0.476 e. The molecule has 1 N–H and O–H groups in total. The number of amides is 2. The molecule has 36 heavy (non-hydrogen) atoms. The van der Waals surface area contributed by atoms with Crippen LogP contribution in [0.3, 0.4) is 0 Å². The Bertz CT molecular complexity index is 1370. The van der Waals surface area contributed by atoms with E-state index in [-0.39, 0.29) is 23.1 Å². The lowest BCUT2D eigenvalue weighted by molar-refractivity contribution is -0.122. The third kappa shape index (κ3) is 5.03. The molecular formula is C26H26ClN3O5S. The van der Waals surface area contributed by atoms with Gasteiger partial charge in [-0.15, -0.1) is 0 Å². The van der Waals surface area contributed by atoms with Crippen LogP contribution >= 0.6 is 11.6 Å². The van der Waals surface area contributed by atoms with E-state index < -0.39 is 22.0 Å². The van der Waals surface area contributed by atoms with Gasteiger partial charge >= 0.3 is 0 Å². The average molecular weight is 528 g/mol. The maximum absolute atomic E-state index is 13.5. The number of fused-ring (bicyclic) bond motifs is 1. The third-order valence-electron chi connectivity index (χ3n) is 5.89. The topological polar surface area (TPSA) is 96.0 Å². The Morgan fingerprint density at radius 3 is 2.33 bits per heavy atom. The Morgan fingerprint density at radius 2 is 1.64 bits per heavy atom. The fraction of sp³-hybridized carbons (Fsp3) is 0.231. The summed E-state index contributed by atoms with van der Waals surface area (Å²) >= 11 is 5.94. The summed E-state index contributed by atoms with van der Waals surface area (Å²) in [4.78, 5) is 28.0. The summed E-state index contributed by atoms with van der Waals surface area (Å²) in [6.45, 7) is 4.56. The fourth-order valence-corrected chi connectivity index (χ4v) is 5.58. The summed E-state index contributed by atoms with van der Waals surface area (Å²) in [5.41, 5.74) is 0.999.